The Morgan fingerprint density at radius 1 is 1.73 bits per heavy atom. The molecular formula is C5H6Br3ClO2. The number of halogens is 4. The summed E-state index contributed by atoms with van der Waals surface area (Å²) in [5.41, 5.74) is 0. The lowest BCUT2D eigenvalue weighted by Gasteiger charge is -2.14. The van der Waals surface area contributed by atoms with Crippen molar-refractivity contribution in [3.63, 3.8) is 0 Å². The first-order chi connectivity index (χ1) is 4.87. The van der Waals surface area contributed by atoms with Crippen LogP contribution in [0.3, 0.4) is 0 Å². The van der Waals surface area contributed by atoms with E-state index in [0.29, 0.717) is 6.42 Å². The first-order valence-electron chi connectivity index (χ1n) is 2.65. The highest BCUT2D eigenvalue weighted by molar-refractivity contribution is 9.26. The van der Waals surface area contributed by atoms with Crippen molar-refractivity contribution < 1.29 is 9.53 Å². The van der Waals surface area contributed by atoms with Crippen LogP contribution in [-0.4, -0.2) is 20.6 Å². The summed E-state index contributed by atoms with van der Waals surface area (Å²) in [6.45, 7) is 0. The number of rotatable bonds is 3. The van der Waals surface area contributed by atoms with Gasteiger partial charge in [-0.3, -0.25) is 4.79 Å². The van der Waals surface area contributed by atoms with Crippen molar-refractivity contribution in [2.24, 2.45) is 0 Å². The summed E-state index contributed by atoms with van der Waals surface area (Å²) < 4.78 is 3.72. The molecule has 0 fully saturated rings. The summed E-state index contributed by atoms with van der Waals surface area (Å²) in [5.74, 6) is -0.339. The van der Waals surface area contributed by atoms with Crippen molar-refractivity contribution in [2.75, 3.05) is 7.11 Å². The number of ether oxygens (including phenoxy) is 1. The molecule has 0 N–H and O–H groups in total. The van der Waals surface area contributed by atoms with Gasteiger partial charge in [-0.05, 0) is 0 Å². The number of alkyl halides is 4. The van der Waals surface area contributed by atoms with Crippen LogP contribution in [0.5, 0.6) is 0 Å². The second-order valence-corrected chi connectivity index (χ2v) is 8.25. The van der Waals surface area contributed by atoms with Crippen LogP contribution in [-0.2, 0) is 9.53 Å². The molecule has 11 heavy (non-hydrogen) atoms. The van der Waals surface area contributed by atoms with Crippen molar-refractivity contribution in [1.29, 1.82) is 0 Å². The Balaban J connectivity index is 3.87. The lowest BCUT2D eigenvalue weighted by atomic mass is 10.3. The van der Waals surface area contributed by atoms with Crippen LogP contribution < -0.4 is 0 Å². The molecule has 0 aromatic carbocycles. The van der Waals surface area contributed by atoms with Crippen LogP contribution in [0.4, 0.5) is 0 Å². The predicted molar refractivity (Wildman–Crippen MR) is 55.8 cm³/mol. The first kappa shape index (κ1) is 12.2. The molecule has 2 nitrogen and oxygen atoms in total. The molecular weight excluding hydrogens is 367 g/mol. The maximum absolute atomic E-state index is 10.8. The van der Waals surface area contributed by atoms with Gasteiger partial charge >= 0.3 is 5.97 Å². The third-order valence-corrected chi connectivity index (χ3v) is 2.37. The highest BCUT2D eigenvalue weighted by Gasteiger charge is 2.27. The minimum Gasteiger partial charge on any atom is -0.468 e. The molecule has 0 aliphatic rings. The summed E-state index contributed by atoms with van der Waals surface area (Å²) in [4.78, 5) is 10.4. The van der Waals surface area contributed by atoms with Gasteiger partial charge in [0, 0.05) is 6.42 Å². The van der Waals surface area contributed by atoms with Crippen LogP contribution in [0, 0.1) is 0 Å². The molecule has 0 saturated heterocycles. The number of hydrogen-bond acceptors (Lipinski definition) is 2. The molecule has 6 heteroatoms. The fraction of sp³-hybridized carbons (Fsp3) is 0.800. The van der Waals surface area contributed by atoms with Gasteiger partial charge in [0.25, 0.3) is 0 Å². The maximum Gasteiger partial charge on any atom is 0.319 e. The molecule has 1 atom stereocenters. The van der Waals surface area contributed by atoms with Gasteiger partial charge in [0.15, 0.2) is 2.69 Å². The SMILES string of the molecule is COC(=O)C(Br)CC(Cl)(Br)Br. The quantitative estimate of drug-likeness (QED) is 0.562. The van der Waals surface area contributed by atoms with E-state index in [9.17, 15) is 4.79 Å². The van der Waals surface area contributed by atoms with Gasteiger partial charge in [0.05, 0.1) is 7.11 Å². The molecule has 0 aromatic rings. The molecule has 0 aliphatic heterocycles. The molecule has 0 aliphatic carbocycles. The fourth-order valence-electron chi connectivity index (χ4n) is 0.414. The van der Waals surface area contributed by atoms with Crippen LogP contribution >= 0.6 is 59.4 Å². The molecule has 0 rings (SSSR count). The van der Waals surface area contributed by atoms with Crippen molar-refractivity contribution in [1.82, 2.24) is 0 Å². The minimum absolute atomic E-state index is 0.339. The third-order valence-electron chi connectivity index (χ3n) is 0.868. The number of methoxy groups -OCH3 is 1. The molecule has 0 saturated carbocycles. The van der Waals surface area contributed by atoms with Crippen molar-refractivity contribution in [3.8, 4) is 0 Å². The van der Waals surface area contributed by atoms with Crippen molar-refractivity contribution in [2.45, 2.75) is 13.9 Å². The largest absolute Gasteiger partial charge is 0.468 e. The standard InChI is InChI=1S/C5H6Br3ClO2/c1-11-4(10)3(6)2-5(7,8)9/h3H,2H2,1H3. The average Bonchev–Trinajstić information content (AvgIpc) is 1.82. The Hall–Kier alpha value is 1.20. The summed E-state index contributed by atoms with van der Waals surface area (Å²) in [6.07, 6.45) is 0.390. The van der Waals surface area contributed by atoms with Gasteiger partial charge < -0.3 is 4.74 Å². The molecule has 0 radical (unpaired) electrons. The van der Waals surface area contributed by atoms with Crippen LogP contribution in [0.1, 0.15) is 6.42 Å². The smallest absolute Gasteiger partial charge is 0.319 e. The van der Waals surface area contributed by atoms with E-state index >= 15 is 0 Å². The summed E-state index contributed by atoms with van der Waals surface area (Å²) in [6, 6.07) is 0. The van der Waals surface area contributed by atoms with Gasteiger partial charge in [-0.2, -0.15) is 0 Å². The topological polar surface area (TPSA) is 26.3 Å². The molecule has 0 bridgehead atoms. The van der Waals surface area contributed by atoms with E-state index in [0.717, 1.165) is 0 Å². The van der Waals surface area contributed by atoms with E-state index in [4.69, 9.17) is 11.6 Å². The Labute approximate surface area is 95.4 Å². The highest BCUT2D eigenvalue weighted by atomic mass is 79.9. The summed E-state index contributed by atoms with van der Waals surface area (Å²) >= 11 is 15.1. The van der Waals surface area contributed by atoms with E-state index in [2.05, 4.69) is 52.5 Å². The van der Waals surface area contributed by atoms with Gasteiger partial charge in [-0.1, -0.05) is 59.4 Å². The van der Waals surface area contributed by atoms with Gasteiger partial charge in [-0.25, -0.2) is 0 Å². The maximum atomic E-state index is 10.8. The number of hydrogen-bond donors (Lipinski definition) is 0. The lowest BCUT2D eigenvalue weighted by Crippen LogP contribution is -2.20. The van der Waals surface area contributed by atoms with Crippen LogP contribution in [0.2, 0.25) is 0 Å². The zero-order chi connectivity index (χ0) is 9.07. The predicted octanol–water partition coefficient (Wildman–Crippen LogP) is 3.00. The minimum atomic E-state index is -0.748. The monoisotopic (exact) mass is 370 g/mol. The van der Waals surface area contributed by atoms with Gasteiger partial charge in [-0.15, -0.1) is 0 Å². The second kappa shape index (κ2) is 5.04. The normalized spacial score (nSPS) is 14.3. The number of carbonyl (C=O) groups is 1. The zero-order valence-electron chi connectivity index (χ0n) is 5.61. The van der Waals surface area contributed by atoms with E-state index in [1.807, 2.05) is 0 Å². The van der Waals surface area contributed by atoms with Gasteiger partial charge in [0.1, 0.15) is 4.83 Å². The third kappa shape index (κ3) is 6.37. The van der Waals surface area contributed by atoms with Gasteiger partial charge in [0.2, 0.25) is 0 Å². The summed E-state index contributed by atoms with van der Waals surface area (Å²) in [7, 11) is 1.33. The molecule has 66 valence electrons. The average molecular weight is 373 g/mol. The molecule has 0 aromatic heterocycles. The fourth-order valence-corrected chi connectivity index (χ4v) is 2.94. The van der Waals surface area contributed by atoms with E-state index in [-0.39, 0.29) is 5.97 Å². The summed E-state index contributed by atoms with van der Waals surface area (Å²) in [5, 5.41) is 0. The number of esters is 1. The Kier molecular flexibility index (Phi) is 5.59. The molecule has 0 spiro atoms. The molecule has 0 amide bonds. The van der Waals surface area contributed by atoms with E-state index in [1.54, 1.807) is 0 Å². The zero-order valence-corrected chi connectivity index (χ0v) is 11.1. The molecule has 0 heterocycles. The van der Waals surface area contributed by atoms with E-state index < -0.39 is 7.52 Å². The van der Waals surface area contributed by atoms with Crippen LogP contribution in [0.15, 0.2) is 0 Å². The van der Waals surface area contributed by atoms with E-state index in [1.165, 1.54) is 7.11 Å². The second-order valence-electron chi connectivity index (χ2n) is 1.81. The molecule has 1 unspecified atom stereocenters. The Morgan fingerprint density at radius 3 is 2.45 bits per heavy atom. The Morgan fingerprint density at radius 2 is 2.18 bits per heavy atom. The van der Waals surface area contributed by atoms with Crippen LogP contribution in [0.25, 0.3) is 0 Å². The number of carbonyl (C=O) groups excluding carboxylic acids is 1. The Bertz CT molecular complexity index is 145. The lowest BCUT2D eigenvalue weighted by molar-refractivity contribution is -0.139. The van der Waals surface area contributed by atoms with Crippen molar-refractivity contribution in [3.05, 3.63) is 0 Å². The highest BCUT2D eigenvalue weighted by Crippen LogP contribution is 2.37. The van der Waals surface area contributed by atoms with Crippen molar-refractivity contribution >= 4 is 65.4 Å². The first-order valence-corrected chi connectivity index (χ1v) is 5.53.